The molecule has 0 atom stereocenters. The number of benzene rings is 2. The first-order valence-corrected chi connectivity index (χ1v) is 6.29. The van der Waals surface area contributed by atoms with Crippen molar-refractivity contribution in [2.75, 3.05) is 7.05 Å². The van der Waals surface area contributed by atoms with Crippen LogP contribution in [0, 0.1) is 0 Å². The van der Waals surface area contributed by atoms with Gasteiger partial charge in [-0.2, -0.15) is 0 Å². The third-order valence-electron chi connectivity index (χ3n) is 3.68. The molecule has 3 heteroatoms. The van der Waals surface area contributed by atoms with E-state index in [2.05, 4.69) is 0 Å². The van der Waals surface area contributed by atoms with Crippen LogP contribution in [0.15, 0.2) is 60.7 Å². The second-order valence-corrected chi connectivity index (χ2v) is 4.73. The summed E-state index contributed by atoms with van der Waals surface area (Å²) in [6, 6.07) is 20.0. The molecular weight excluding hydrogens is 238 g/mol. The lowest BCUT2D eigenvalue weighted by atomic mass is 9.80. The standard InChI is InChI=1S/C16H15NO2/c1-17-16(12-15(18)19-17,13-8-4-2-5-9-13)14-10-6-3-7-11-14/h2-11H,12H2,1H3. The van der Waals surface area contributed by atoms with Gasteiger partial charge in [0.1, 0.15) is 5.54 Å². The van der Waals surface area contributed by atoms with E-state index >= 15 is 0 Å². The number of hydrogen-bond acceptors (Lipinski definition) is 3. The fraction of sp³-hybridized carbons (Fsp3) is 0.188. The molecule has 1 saturated heterocycles. The van der Waals surface area contributed by atoms with Crippen LogP contribution in [0.25, 0.3) is 0 Å². The lowest BCUT2D eigenvalue weighted by molar-refractivity contribution is -0.174. The van der Waals surface area contributed by atoms with Gasteiger partial charge in [0.15, 0.2) is 0 Å². The van der Waals surface area contributed by atoms with Gasteiger partial charge in [0, 0.05) is 7.05 Å². The van der Waals surface area contributed by atoms with E-state index in [0.717, 1.165) is 11.1 Å². The van der Waals surface area contributed by atoms with Gasteiger partial charge in [-0.15, -0.1) is 5.06 Å². The van der Waals surface area contributed by atoms with Crippen molar-refractivity contribution >= 4 is 5.97 Å². The molecule has 0 amide bonds. The van der Waals surface area contributed by atoms with Crippen LogP contribution < -0.4 is 0 Å². The van der Waals surface area contributed by atoms with Gasteiger partial charge >= 0.3 is 5.97 Å². The average Bonchev–Trinajstić information content (AvgIpc) is 2.76. The fourth-order valence-corrected chi connectivity index (χ4v) is 2.75. The Labute approximate surface area is 112 Å². The van der Waals surface area contributed by atoms with Gasteiger partial charge in [-0.05, 0) is 11.1 Å². The molecule has 0 saturated carbocycles. The maximum absolute atomic E-state index is 11.8. The summed E-state index contributed by atoms with van der Waals surface area (Å²) in [7, 11) is 1.81. The maximum atomic E-state index is 11.8. The normalized spacial score (nSPS) is 18.3. The minimum atomic E-state index is -0.528. The van der Waals surface area contributed by atoms with Crippen molar-refractivity contribution in [1.29, 1.82) is 0 Å². The molecule has 2 aromatic rings. The Hall–Kier alpha value is -2.13. The van der Waals surface area contributed by atoms with Crippen LogP contribution in [0.4, 0.5) is 0 Å². The first-order chi connectivity index (χ1) is 9.23. The molecule has 19 heavy (non-hydrogen) atoms. The quantitative estimate of drug-likeness (QED) is 0.824. The third kappa shape index (κ3) is 1.83. The summed E-state index contributed by atoms with van der Waals surface area (Å²) in [5, 5.41) is 1.67. The fourth-order valence-electron chi connectivity index (χ4n) is 2.75. The Balaban J connectivity index is 2.20. The zero-order chi connectivity index (χ0) is 13.3. The van der Waals surface area contributed by atoms with Gasteiger partial charge in [0.25, 0.3) is 0 Å². The molecule has 1 aliphatic rings. The molecule has 0 aromatic heterocycles. The Morgan fingerprint density at radius 3 is 1.79 bits per heavy atom. The Bertz CT molecular complexity index is 541. The van der Waals surface area contributed by atoms with Crippen LogP contribution in [0.1, 0.15) is 17.5 Å². The monoisotopic (exact) mass is 253 g/mol. The first-order valence-electron chi connectivity index (χ1n) is 6.29. The SMILES string of the molecule is CN1OC(=O)CC1(c1ccccc1)c1ccccc1. The molecule has 0 unspecified atom stereocenters. The van der Waals surface area contributed by atoms with Gasteiger partial charge in [0.2, 0.25) is 0 Å². The van der Waals surface area contributed by atoms with Crippen molar-refractivity contribution in [1.82, 2.24) is 5.06 Å². The molecule has 1 fully saturated rings. The number of carbonyl (C=O) groups is 1. The molecule has 0 bridgehead atoms. The molecule has 3 rings (SSSR count). The van der Waals surface area contributed by atoms with Crippen molar-refractivity contribution < 1.29 is 9.63 Å². The minimum absolute atomic E-state index is 0.199. The summed E-state index contributed by atoms with van der Waals surface area (Å²) in [5.41, 5.74) is 1.60. The summed E-state index contributed by atoms with van der Waals surface area (Å²) in [5.74, 6) is -0.199. The van der Waals surface area contributed by atoms with Gasteiger partial charge in [0.05, 0.1) is 6.42 Å². The number of hydrogen-bond donors (Lipinski definition) is 0. The van der Waals surface area contributed by atoms with E-state index in [1.165, 1.54) is 0 Å². The molecule has 2 aromatic carbocycles. The Kier molecular flexibility index (Phi) is 2.84. The molecular formula is C16H15NO2. The highest BCUT2D eigenvalue weighted by atomic mass is 16.7. The highest BCUT2D eigenvalue weighted by Crippen LogP contribution is 2.42. The second-order valence-electron chi connectivity index (χ2n) is 4.73. The van der Waals surface area contributed by atoms with E-state index in [9.17, 15) is 4.79 Å². The van der Waals surface area contributed by atoms with Gasteiger partial charge in [-0.3, -0.25) is 4.79 Å². The number of nitrogens with zero attached hydrogens (tertiary/aromatic N) is 1. The molecule has 3 nitrogen and oxygen atoms in total. The third-order valence-corrected chi connectivity index (χ3v) is 3.68. The predicted molar refractivity (Wildman–Crippen MR) is 72.1 cm³/mol. The smallest absolute Gasteiger partial charge is 0.327 e. The average molecular weight is 253 g/mol. The first kappa shape index (κ1) is 11.9. The summed E-state index contributed by atoms with van der Waals surface area (Å²) in [6.07, 6.45) is 0.331. The van der Waals surface area contributed by atoms with Crippen LogP contribution >= 0.6 is 0 Å². The van der Waals surface area contributed by atoms with Crippen molar-refractivity contribution in [3.05, 3.63) is 71.8 Å². The molecule has 1 heterocycles. The van der Waals surface area contributed by atoms with Crippen molar-refractivity contribution in [3.8, 4) is 0 Å². The Morgan fingerprint density at radius 2 is 1.42 bits per heavy atom. The van der Waals surface area contributed by atoms with Crippen LogP contribution in [0.3, 0.4) is 0 Å². The molecule has 1 aliphatic heterocycles. The molecule has 0 spiro atoms. The summed E-state index contributed by atoms with van der Waals surface area (Å²) >= 11 is 0. The summed E-state index contributed by atoms with van der Waals surface area (Å²) < 4.78 is 0. The number of rotatable bonds is 2. The van der Waals surface area contributed by atoms with Crippen LogP contribution in [-0.4, -0.2) is 18.1 Å². The zero-order valence-electron chi connectivity index (χ0n) is 10.7. The van der Waals surface area contributed by atoms with E-state index in [4.69, 9.17) is 4.84 Å². The van der Waals surface area contributed by atoms with E-state index in [-0.39, 0.29) is 5.97 Å². The number of hydroxylamine groups is 2. The largest absolute Gasteiger partial charge is 0.367 e. The Morgan fingerprint density at radius 1 is 0.947 bits per heavy atom. The lowest BCUT2D eigenvalue weighted by Crippen LogP contribution is -2.38. The van der Waals surface area contributed by atoms with Crippen LogP contribution in [0.2, 0.25) is 0 Å². The van der Waals surface area contributed by atoms with Gasteiger partial charge in [-0.1, -0.05) is 60.7 Å². The molecule has 0 radical (unpaired) electrons. The van der Waals surface area contributed by atoms with Crippen LogP contribution in [0.5, 0.6) is 0 Å². The van der Waals surface area contributed by atoms with Gasteiger partial charge < -0.3 is 4.84 Å². The second kappa shape index (κ2) is 4.52. The topological polar surface area (TPSA) is 29.5 Å². The van der Waals surface area contributed by atoms with E-state index in [1.54, 1.807) is 5.06 Å². The van der Waals surface area contributed by atoms with E-state index in [0.29, 0.717) is 6.42 Å². The zero-order valence-corrected chi connectivity index (χ0v) is 10.7. The van der Waals surface area contributed by atoms with E-state index in [1.807, 2.05) is 67.7 Å². The molecule has 0 N–H and O–H groups in total. The van der Waals surface area contributed by atoms with E-state index < -0.39 is 5.54 Å². The summed E-state index contributed by atoms with van der Waals surface area (Å²) in [6.45, 7) is 0. The van der Waals surface area contributed by atoms with Gasteiger partial charge in [-0.25, -0.2) is 0 Å². The van der Waals surface area contributed by atoms with Crippen LogP contribution in [-0.2, 0) is 15.2 Å². The molecule has 0 aliphatic carbocycles. The predicted octanol–water partition coefficient (Wildman–Crippen LogP) is 2.72. The van der Waals surface area contributed by atoms with Crippen molar-refractivity contribution in [2.45, 2.75) is 12.0 Å². The summed E-state index contributed by atoms with van der Waals surface area (Å²) in [4.78, 5) is 17.0. The van der Waals surface area contributed by atoms with Crippen molar-refractivity contribution in [3.63, 3.8) is 0 Å². The minimum Gasteiger partial charge on any atom is -0.367 e. The lowest BCUT2D eigenvalue weighted by Gasteiger charge is -2.33. The highest BCUT2D eigenvalue weighted by molar-refractivity contribution is 5.74. The van der Waals surface area contributed by atoms with Crippen molar-refractivity contribution in [2.24, 2.45) is 0 Å². The highest BCUT2D eigenvalue weighted by Gasteiger charge is 2.48. The maximum Gasteiger partial charge on any atom is 0.327 e. The number of carbonyl (C=O) groups excluding carboxylic acids is 1. The molecule has 96 valence electrons.